The lowest BCUT2D eigenvalue weighted by Crippen LogP contribution is -2.39. The van der Waals surface area contributed by atoms with Crippen LogP contribution in [0.15, 0.2) is 69.2 Å². The van der Waals surface area contributed by atoms with Gasteiger partial charge in [0.05, 0.1) is 10.4 Å². The van der Waals surface area contributed by atoms with E-state index in [0.717, 1.165) is 5.69 Å². The molecule has 0 saturated carbocycles. The molecule has 0 aliphatic rings. The number of sulfonamides is 1. The molecule has 178 valence electrons. The van der Waals surface area contributed by atoms with Crippen LogP contribution >= 0.6 is 0 Å². The molecule has 0 spiro atoms. The van der Waals surface area contributed by atoms with Crippen molar-refractivity contribution in [2.45, 2.75) is 38.3 Å². The van der Waals surface area contributed by atoms with Crippen LogP contribution in [0.2, 0.25) is 0 Å². The van der Waals surface area contributed by atoms with Crippen molar-refractivity contribution in [1.29, 1.82) is 0 Å². The third-order valence-corrected chi connectivity index (χ3v) is 7.79. The summed E-state index contributed by atoms with van der Waals surface area (Å²) < 4.78 is 30.0. The molecule has 0 amide bonds. The second kappa shape index (κ2) is 9.40. The van der Waals surface area contributed by atoms with Crippen molar-refractivity contribution in [3.05, 3.63) is 81.3 Å². The number of pyridine rings is 1. The number of aromatic nitrogens is 4. The molecule has 0 saturated heterocycles. The zero-order valence-electron chi connectivity index (χ0n) is 19.4. The highest BCUT2D eigenvalue weighted by Crippen LogP contribution is 2.24. The van der Waals surface area contributed by atoms with Gasteiger partial charge < -0.3 is 4.98 Å². The summed E-state index contributed by atoms with van der Waals surface area (Å²) >= 11 is 0. The summed E-state index contributed by atoms with van der Waals surface area (Å²) in [6.07, 6.45) is 2.20. The number of hydrogen-bond acceptors (Lipinski definition) is 5. The number of nitrogens with zero attached hydrogens (tertiary/aromatic N) is 4. The van der Waals surface area contributed by atoms with Crippen LogP contribution < -0.4 is 11.2 Å². The Balaban J connectivity index is 1.63. The molecule has 3 heterocycles. The summed E-state index contributed by atoms with van der Waals surface area (Å²) in [5.41, 5.74) is 2.34. The number of hydrogen-bond donors (Lipinski definition) is 1. The molecule has 3 aromatic heterocycles. The van der Waals surface area contributed by atoms with E-state index in [4.69, 9.17) is 0 Å². The molecular formula is C24H27N5O4S. The summed E-state index contributed by atoms with van der Waals surface area (Å²) in [7, 11) is -2.12. The van der Waals surface area contributed by atoms with Gasteiger partial charge >= 0.3 is 5.69 Å². The van der Waals surface area contributed by atoms with Gasteiger partial charge in [-0.05, 0) is 49.7 Å². The average Bonchev–Trinajstić information content (AvgIpc) is 3.29. The van der Waals surface area contributed by atoms with Gasteiger partial charge in [0.25, 0.3) is 5.56 Å². The molecule has 0 unspecified atom stereocenters. The van der Waals surface area contributed by atoms with Crippen LogP contribution in [-0.2, 0) is 29.5 Å². The molecule has 0 aliphatic heterocycles. The van der Waals surface area contributed by atoms with Crippen molar-refractivity contribution in [2.24, 2.45) is 0 Å². The highest BCUT2D eigenvalue weighted by Gasteiger charge is 2.21. The molecular weight excluding hydrogens is 454 g/mol. The van der Waals surface area contributed by atoms with Crippen LogP contribution in [0.25, 0.3) is 22.3 Å². The Kier molecular flexibility index (Phi) is 6.54. The largest absolute Gasteiger partial charge is 0.349 e. The molecule has 9 nitrogen and oxygen atoms in total. The molecule has 1 aromatic carbocycles. The van der Waals surface area contributed by atoms with Crippen molar-refractivity contribution in [3.63, 3.8) is 0 Å². The fourth-order valence-electron chi connectivity index (χ4n) is 3.95. The SMILES string of the molecule is CCn1c(=O)c2[nH]c(-c3ccc(S(=O)(=O)N(C)CCc4ccccn4)cc3)cc2n(CC)c1=O. The number of aromatic amines is 1. The van der Waals surface area contributed by atoms with Crippen LogP contribution in [0, 0.1) is 0 Å². The summed E-state index contributed by atoms with van der Waals surface area (Å²) in [6.45, 7) is 4.62. The van der Waals surface area contributed by atoms with Gasteiger partial charge in [0, 0.05) is 50.7 Å². The molecule has 0 fully saturated rings. The van der Waals surface area contributed by atoms with Gasteiger partial charge in [0.15, 0.2) is 0 Å². The van der Waals surface area contributed by atoms with E-state index < -0.39 is 10.0 Å². The quantitative estimate of drug-likeness (QED) is 0.416. The molecule has 4 aromatic rings. The van der Waals surface area contributed by atoms with Crippen molar-refractivity contribution in [3.8, 4) is 11.3 Å². The maximum absolute atomic E-state index is 13.0. The maximum Gasteiger partial charge on any atom is 0.331 e. The van der Waals surface area contributed by atoms with E-state index in [2.05, 4.69) is 9.97 Å². The second-order valence-electron chi connectivity index (χ2n) is 7.94. The standard InChI is InChI=1S/C24H27N5O4S/c1-4-28-21-16-20(26-22(21)23(30)29(5-2)24(28)31)17-9-11-19(12-10-17)34(32,33)27(3)15-13-18-8-6-7-14-25-18/h6-12,14,16,26H,4-5,13,15H2,1-3H3. The van der Waals surface area contributed by atoms with Crippen molar-refractivity contribution >= 4 is 21.1 Å². The third-order valence-electron chi connectivity index (χ3n) is 5.92. The zero-order chi connectivity index (χ0) is 24.5. The summed E-state index contributed by atoms with van der Waals surface area (Å²) in [6, 6.07) is 13.8. The van der Waals surface area contributed by atoms with Gasteiger partial charge in [0.1, 0.15) is 5.52 Å². The van der Waals surface area contributed by atoms with E-state index in [1.54, 1.807) is 55.1 Å². The van der Waals surface area contributed by atoms with Crippen LogP contribution in [0.3, 0.4) is 0 Å². The zero-order valence-corrected chi connectivity index (χ0v) is 20.2. The molecule has 34 heavy (non-hydrogen) atoms. The van der Waals surface area contributed by atoms with E-state index in [1.165, 1.54) is 8.87 Å². The maximum atomic E-state index is 13.0. The van der Waals surface area contributed by atoms with Crippen molar-refractivity contribution < 1.29 is 8.42 Å². The number of nitrogens with one attached hydrogen (secondary N) is 1. The van der Waals surface area contributed by atoms with Gasteiger partial charge in [-0.2, -0.15) is 0 Å². The summed E-state index contributed by atoms with van der Waals surface area (Å²) in [4.78, 5) is 32.9. The summed E-state index contributed by atoms with van der Waals surface area (Å²) in [5.74, 6) is 0. The number of aryl methyl sites for hydroxylation is 1. The highest BCUT2D eigenvalue weighted by atomic mass is 32.2. The van der Waals surface area contributed by atoms with E-state index in [0.29, 0.717) is 41.8 Å². The van der Waals surface area contributed by atoms with Gasteiger partial charge in [-0.25, -0.2) is 17.5 Å². The molecule has 4 rings (SSSR count). The Morgan fingerprint density at radius 2 is 1.71 bits per heavy atom. The smallest absolute Gasteiger partial charge is 0.331 e. The van der Waals surface area contributed by atoms with Crippen LogP contribution in [0.4, 0.5) is 0 Å². The first kappa shape index (κ1) is 23.7. The number of benzene rings is 1. The minimum Gasteiger partial charge on any atom is -0.349 e. The van der Waals surface area contributed by atoms with E-state index in [1.807, 2.05) is 25.1 Å². The van der Waals surface area contributed by atoms with E-state index >= 15 is 0 Å². The number of H-pyrrole nitrogens is 1. The van der Waals surface area contributed by atoms with Gasteiger partial charge in [0.2, 0.25) is 10.0 Å². The number of fused-ring (bicyclic) bond motifs is 1. The van der Waals surface area contributed by atoms with Gasteiger partial charge in [-0.15, -0.1) is 0 Å². The van der Waals surface area contributed by atoms with Gasteiger partial charge in [-0.3, -0.25) is 18.9 Å². The Morgan fingerprint density at radius 3 is 2.32 bits per heavy atom. The van der Waals surface area contributed by atoms with E-state index in [-0.39, 0.29) is 22.7 Å². The predicted octanol–water partition coefficient (Wildman–Crippen LogP) is 2.46. The molecule has 0 bridgehead atoms. The lowest BCUT2D eigenvalue weighted by molar-refractivity contribution is 0.471. The van der Waals surface area contributed by atoms with Crippen LogP contribution in [-0.4, -0.2) is 45.4 Å². The molecule has 10 heteroatoms. The predicted molar refractivity (Wildman–Crippen MR) is 131 cm³/mol. The topological polar surface area (TPSA) is 110 Å². The fourth-order valence-corrected chi connectivity index (χ4v) is 5.13. The normalized spacial score (nSPS) is 12.0. The van der Waals surface area contributed by atoms with E-state index in [9.17, 15) is 18.0 Å². The molecule has 0 radical (unpaired) electrons. The fraction of sp³-hybridized carbons (Fsp3) is 0.292. The van der Waals surface area contributed by atoms with Gasteiger partial charge in [-0.1, -0.05) is 18.2 Å². The summed E-state index contributed by atoms with van der Waals surface area (Å²) in [5, 5.41) is 0. The third kappa shape index (κ3) is 4.22. The minimum absolute atomic E-state index is 0.176. The Bertz CT molecular complexity index is 1530. The monoisotopic (exact) mass is 481 g/mol. The second-order valence-corrected chi connectivity index (χ2v) is 9.99. The average molecular weight is 482 g/mol. The molecule has 0 atom stereocenters. The highest BCUT2D eigenvalue weighted by molar-refractivity contribution is 7.89. The van der Waals surface area contributed by atoms with Crippen molar-refractivity contribution in [2.75, 3.05) is 13.6 Å². The Labute approximate surface area is 197 Å². The first-order valence-electron chi connectivity index (χ1n) is 11.1. The lowest BCUT2D eigenvalue weighted by atomic mass is 10.1. The number of likely N-dealkylation sites (N-methyl/N-ethyl adjacent to an activating group) is 1. The first-order chi connectivity index (χ1) is 16.3. The van der Waals surface area contributed by atoms with Crippen LogP contribution in [0.1, 0.15) is 19.5 Å². The van der Waals surface area contributed by atoms with Crippen molar-refractivity contribution in [1.82, 2.24) is 23.4 Å². The molecule has 1 N–H and O–H groups in total. The first-order valence-corrected chi connectivity index (χ1v) is 12.5. The number of rotatable bonds is 8. The van der Waals surface area contributed by atoms with Crippen LogP contribution in [0.5, 0.6) is 0 Å². The Hall–Kier alpha value is -3.50. The Morgan fingerprint density at radius 1 is 1.00 bits per heavy atom. The lowest BCUT2D eigenvalue weighted by Gasteiger charge is -2.17. The minimum atomic E-state index is -3.67. The molecule has 0 aliphatic carbocycles.